The fourth-order valence-corrected chi connectivity index (χ4v) is 3.01. The van der Waals surface area contributed by atoms with E-state index in [1.165, 1.54) is 5.57 Å². The van der Waals surface area contributed by atoms with Crippen molar-refractivity contribution < 1.29 is 4.79 Å². The molecule has 1 aliphatic carbocycles. The van der Waals surface area contributed by atoms with Crippen molar-refractivity contribution in [3.05, 3.63) is 51.5 Å². The lowest BCUT2D eigenvalue weighted by Gasteiger charge is -2.32. The number of carbonyl (C=O) groups excluding carboxylic acids is 1. The highest BCUT2D eigenvalue weighted by Crippen LogP contribution is 2.40. The van der Waals surface area contributed by atoms with Crippen molar-refractivity contribution >= 4 is 27.8 Å². The SMILES string of the molecule is CC(C)=CCC1(C)C(=O)C(Br)=Cc2ccccc21. The van der Waals surface area contributed by atoms with E-state index in [4.69, 9.17) is 0 Å². The second-order valence-electron chi connectivity index (χ2n) is 5.23. The van der Waals surface area contributed by atoms with E-state index in [-0.39, 0.29) is 5.78 Å². The number of Topliss-reactive ketones (excluding diaryl/α,β-unsaturated/α-hetero) is 1. The summed E-state index contributed by atoms with van der Waals surface area (Å²) in [6.07, 6.45) is 4.80. The Morgan fingerprint density at radius 3 is 2.67 bits per heavy atom. The normalized spacial score (nSPS) is 22.2. The molecule has 1 aliphatic rings. The minimum Gasteiger partial charge on any atom is -0.293 e. The van der Waals surface area contributed by atoms with Crippen LogP contribution in [0.2, 0.25) is 0 Å². The van der Waals surface area contributed by atoms with Crippen molar-refractivity contribution in [3.8, 4) is 0 Å². The van der Waals surface area contributed by atoms with Crippen molar-refractivity contribution in [2.24, 2.45) is 0 Å². The van der Waals surface area contributed by atoms with Gasteiger partial charge in [0.1, 0.15) is 0 Å². The van der Waals surface area contributed by atoms with Gasteiger partial charge in [0.15, 0.2) is 5.78 Å². The zero-order valence-corrected chi connectivity index (χ0v) is 12.5. The van der Waals surface area contributed by atoms with Crippen LogP contribution in [0.4, 0.5) is 0 Å². The van der Waals surface area contributed by atoms with Crippen molar-refractivity contribution in [2.45, 2.75) is 32.6 Å². The average Bonchev–Trinajstić information content (AvgIpc) is 2.34. The summed E-state index contributed by atoms with van der Waals surface area (Å²) in [4.78, 5) is 12.5. The molecule has 0 fully saturated rings. The van der Waals surface area contributed by atoms with E-state index in [0.717, 1.165) is 17.5 Å². The quantitative estimate of drug-likeness (QED) is 0.729. The van der Waals surface area contributed by atoms with E-state index >= 15 is 0 Å². The summed E-state index contributed by atoms with van der Waals surface area (Å²) in [6.45, 7) is 6.16. The number of carbonyl (C=O) groups is 1. The fourth-order valence-electron chi connectivity index (χ4n) is 2.32. The Morgan fingerprint density at radius 2 is 2.00 bits per heavy atom. The van der Waals surface area contributed by atoms with E-state index in [9.17, 15) is 4.79 Å². The highest BCUT2D eigenvalue weighted by molar-refractivity contribution is 9.12. The Bertz CT molecular complexity index is 550. The second kappa shape index (κ2) is 4.85. The second-order valence-corrected chi connectivity index (χ2v) is 6.08. The Labute approximate surface area is 117 Å². The summed E-state index contributed by atoms with van der Waals surface area (Å²) >= 11 is 3.40. The number of fused-ring (bicyclic) bond motifs is 1. The Balaban J connectivity index is 2.55. The van der Waals surface area contributed by atoms with Crippen LogP contribution in [-0.4, -0.2) is 5.78 Å². The molecule has 0 radical (unpaired) electrons. The molecule has 1 aromatic rings. The smallest absolute Gasteiger partial charge is 0.180 e. The van der Waals surface area contributed by atoms with E-state index in [1.54, 1.807) is 0 Å². The van der Waals surface area contributed by atoms with Gasteiger partial charge in [0.2, 0.25) is 0 Å². The van der Waals surface area contributed by atoms with E-state index < -0.39 is 5.41 Å². The van der Waals surface area contributed by atoms with Crippen LogP contribution in [0.15, 0.2) is 40.4 Å². The van der Waals surface area contributed by atoms with Crippen LogP contribution in [0.3, 0.4) is 0 Å². The maximum Gasteiger partial charge on any atom is 0.180 e. The van der Waals surface area contributed by atoms with Gasteiger partial charge in [-0.3, -0.25) is 4.79 Å². The molecular weight excluding hydrogens is 288 g/mol. The molecule has 1 nitrogen and oxygen atoms in total. The summed E-state index contributed by atoms with van der Waals surface area (Å²) in [7, 11) is 0. The molecule has 0 N–H and O–H groups in total. The van der Waals surface area contributed by atoms with Crippen LogP contribution in [0.1, 0.15) is 38.3 Å². The first-order chi connectivity index (χ1) is 8.45. The molecule has 0 amide bonds. The summed E-state index contributed by atoms with van der Waals surface area (Å²) in [5.41, 5.74) is 3.04. The number of allylic oxidation sites excluding steroid dienone is 3. The lowest BCUT2D eigenvalue weighted by Crippen LogP contribution is -2.35. The Morgan fingerprint density at radius 1 is 1.33 bits per heavy atom. The molecule has 0 aliphatic heterocycles. The lowest BCUT2D eigenvalue weighted by atomic mass is 9.71. The molecule has 0 saturated carbocycles. The third kappa shape index (κ3) is 2.22. The van der Waals surface area contributed by atoms with Gasteiger partial charge < -0.3 is 0 Å². The highest BCUT2D eigenvalue weighted by Gasteiger charge is 2.39. The van der Waals surface area contributed by atoms with Crippen LogP contribution in [0, 0.1) is 0 Å². The first-order valence-corrected chi connectivity index (χ1v) is 6.89. The lowest BCUT2D eigenvalue weighted by molar-refractivity contribution is -0.119. The molecule has 2 heteroatoms. The summed E-state index contributed by atoms with van der Waals surface area (Å²) in [6, 6.07) is 8.12. The minimum atomic E-state index is -0.457. The topological polar surface area (TPSA) is 17.1 Å². The third-order valence-corrected chi connectivity index (χ3v) is 4.06. The summed E-state index contributed by atoms with van der Waals surface area (Å²) in [5.74, 6) is 0.165. The molecule has 18 heavy (non-hydrogen) atoms. The first-order valence-electron chi connectivity index (χ1n) is 6.10. The van der Waals surface area contributed by atoms with Crippen molar-refractivity contribution in [3.63, 3.8) is 0 Å². The first kappa shape index (κ1) is 13.3. The predicted octanol–water partition coefficient (Wildman–Crippen LogP) is 4.62. The zero-order valence-electron chi connectivity index (χ0n) is 11.0. The molecule has 0 aromatic heterocycles. The number of benzene rings is 1. The van der Waals surface area contributed by atoms with Gasteiger partial charge in [-0.1, -0.05) is 35.9 Å². The molecule has 0 spiro atoms. The van der Waals surface area contributed by atoms with Gasteiger partial charge in [0.25, 0.3) is 0 Å². The zero-order chi connectivity index (χ0) is 13.3. The number of halogens is 1. The van der Waals surface area contributed by atoms with Gasteiger partial charge in [0.05, 0.1) is 9.90 Å². The van der Waals surface area contributed by atoms with E-state index in [1.807, 2.05) is 25.1 Å². The molecule has 1 atom stereocenters. The largest absolute Gasteiger partial charge is 0.293 e. The van der Waals surface area contributed by atoms with Gasteiger partial charge >= 0.3 is 0 Å². The van der Waals surface area contributed by atoms with Crippen LogP contribution < -0.4 is 0 Å². The summed E-state index contributed by atoms with van der Waals surface area (Å²) in [5, 5.41) is 0. The van der Waals surface area contributed by atoms with Gasteiger partial charge in [-0.2, -0.15) is 0 Å². The van der Waals surface area contributed by atoms with Crippen LogP contribution in [-0.2, 0) is 10.2 Å². The van der Waals surface area contributed by atoms with Crippen molar-refractivity contribution in [1.82, 2.24) is 0 Å². The molecular formula is C16H17BrO. The number of hydrogen-bond donors (Lipinski definition) is 0. The molecule has 94 valence electrons. The molecule has 0 heterocycles. The van der Waals surface area contributed by atoms with E-state index in [2.05, 4.69) is 48.0 Å². The molecule has 0 bridgehead atoms. The molecule has 2 rings (SSSR count). The predicted molar refractivity (Wildman–Crippen MR) is 79.8 cm³/mol. The van der Waals surface area contributed by atoms with Crippen LogP contribution in [0.25, 0.3) is 6.08 Å². The van der Waals surface area contributed by atoms with Gasteiger partial charge in [-0.15, -0.1) is 0 Å². The number of ketones is 1. The molecule has 1 unspecified atom stereocenters. The Kier molecular flexibility index (Phi) is 3.58. The standard InChI is InChI=1S/C16H17BrO/c1-11(2)8-9-16(3)13-7-5-4-6-12(13)10-14(17)15(16)18/h4-8,10H,9H2,1-3H3. The number of rotatable bonds is 2. The molecule has 1 aromatic carbocycles. The maximum absolute atomic E-state index is 12.5. The van der Waals surface area contributed by atoms with E-state index in [0.29, 0.717) is 4.48 Å². The highest BCUT2D eigenvalue weighted by atomic mass is 79.9. The van der Waals surface area contributed by atoms with Crippen LogP contribution in [0.5, 0.6) is 0 Å². The maximum atomic E-state index is 12.5. The Hall–Kier alpha value is -1.15. The van der Waals surface area contributed by atoms with Crippen molar-refractivity contribution in [2.75, 3.05) is 0 Å². The summed E-state index contributed by atoms with van der Waals surface area (Å²) < 4.78 is 0.672. The fraction of sp³-hybridized carbons (Fsp3) is 0.312. The van der Waals surface area contributed by atoms with Crippen LogP contribution >= 0.6 is 15.9 Å². The molecule has 0 saturated heterocycles. The third-order valence-electron chi connectivity index (χ3n) is 3.47. The average molecular weight is 305 g/mol. The van der Waals surface area contributed by atoms with Crippen molar-refractivity contribution in [1.29, 1.82) is 0 Å². The van der Waals surface area contributed by atoms with Gasteiger partial charge in [0, 0.05) is 0 Å². The van der Waals surface area contributed by atoms with Gasteiger partial charge in [-0.25, -0.2) is 0 Å². The number of hydrogen-bond acceptors (Lipinski definition) is 1. The minimum absolute atomic E-state index is 0.165. The monoisotopic (exact) mass is 304 g/mol. The van der Waals surface area contributed by atoms with Gasteiger partial charge in [-0.05, 0) is 60.3 Å².